The molecule has 0 radical (unpaired) electrons. The molecule has 3 rings (SSSR count). The molecule has 0 fully saturated rings. The summed E-state index contributed by atoms with van der Waals surface area (Å²) >= 11 is 7.01. The van der Waals surface area contributed by atoms with Gasteiger partial charge in [-0.2, -0.15) is 0 Å². The Hall–Kier alpha value is -1.99. The van der Waals surface area contributed by atoms with E-state index in [-0.39, 0.29) is 18.0 Å². The molecule has 1 aromatic heterocycles. The Morgan fingerprint density at radius 1 is 1.30 bits per heavy atom. The number of hydrogen-bond donors (Lipinski definition) is 1. The standard InChI is InChI=1S/C15H14ClN3O3S/c1-9(23-14-5-4-13(16)18-19-14)15(20)17-7-10-2-3-11-12(6-10)22-8-21-11/h2-6,9H,7-8H2,1H3,(H,17,20)/t9-/m0/s1. The Morgan fingerprint density at radius 3 is 2.91 bits per heavy atom. The summed E-state index contributed by atoms with van der Waals surface area (Å²) in [6, 6.07) is 8.99. The topological polar surface area (TPSA) is 73.3 Å². The molecule has 1 N–H and O–H groups in total. The van der Waals surface area contributed by atoms with E-state index < -0.39 is 0 Å². The molecule has 120 valence electrons. The summed E-state index contributed by atoms with van der Waals surface area (Å²) in [7, 11) is 0. The number of hydrogen-bond acceptors (Lipinski definition) is 6. The number of amides is 1. The fraction of sp³-hybridized carbons (Fsp3) is 0.267. The van der Waals surface area contributed by atoms with Gasteiger partial charge in [0.05, 0.1) is 5.25 Å². The Labute approximate surface area is 142 Å². The van der Waals surface area contributed by atoms with Crippen LogP contribution in [-0.2, 0) is 11.3 Å². The van der Waals surface area contributed by atoms with Gasteiger partial charge in [-0.1, -0.05) is 29.4 Å². The molecule has 6 nitrogen and oxygen atoms in total. The SMILES string of the molecule is C[C@H](Sc1ccc(Cl)nn1)C(=O)NCc1ccc2c(c1)OCO2. The largest absolute Gasteiger partial charge is 0.454 e. The van der Waals surface area contributed by atoms with Crippen LogP contribution in [0, 0.1) is 0 Å². The second kappa shape index (κ2) is 7.06. The van der Waals surface area contributed by atoms with E-state index in [9.17, 15) is 4.79 Å². The van der Waals surface area contributed by atoms with Crippen LogP contribution in [0.4, 0.5) is 0 Å². The molecule has 0 saturated heterocycles. The summed E-state index contributed by atoms with van der Waals surface area (Å²) in [4.78, 5) is 12.2. The van der Waals surface area contributed by atoms with Gasteiger partial charge in [0, 0.05) is 6.54 Å². The van der Waals surface area contributed by atoms with Crippen LogP contribution >= 0.6 is 23.4 Å². The first-order valence-corrected chi connectivity index (χ1v) is 8.20. The highest BCUT2D eigenvalue weighted by atomic mass is 35.5. The highest BCUT2D eigenvalue weighted by molar-refractivity contribution is 8.00. The molecule has 0 saturated carbocycles. The summed E-state index contributed by atoms with van der Waals surface area (Å²) in [5.41, 5.74) is 0.950. The van der Waals surface area contributed by atoms with Crippen LogP contribution in [0.15, 0.2) is 35.4 Å². The Kier molecular flexibility index (Phi) is 4.88. The van der Waals surface area contributed by atoms with Crippen molar-refractivity contribution in [3.8, 4) is 11.5 Å². The predicted molar refractivity (Wildman–Crippen MR) is 86.8 cm³/mol. The molecule has 2 aromatic rings. The van der Waals surface area contributed by atoms with Crippen LogP contribution in [0.5, 0.6) is 11.5 Å². The molecular formula is C15H14ClN3O3S. The fourth-order valence-electron chi connectivity index (χ4n) is 1.99. The first kappa shape index (κ1) is 15.9. The minimum atomic E-state index is -0.292. The van der Waals surface area contributed by atoms with Gasteiger partial charge in [-0.05, 0) is 36.8 Å². The lowest BCUT2D eigenvalue weighted by Crippen LogP contribution is -2.30. The highest BCUT2D eigenvalue weighted by Crippen LogP contribution is 2.32. The number of thioether (sulfide) groups is 1. The molecule has 23 heavy (non-hydrogen) atoms. The van der Waals surface area contributed by atoms with Crippen molar-refractivity contribution < 1.29 is 14.3 Å². The second-order valence-electron chi connectivity index (χ2n) is 4.86. The van der Waals surface area contributed by atoms with Gasteiger partial charge in [-0.25, -0.2) is 0 Å². The van der Waals surface area contributed by atoms with Crippen molar-refractivity contribution >= 4 is 29.3 Å². The molecular weight excluding hydrogens is 338 g/mol. The number of ether oxygens (including phenoxy) is 2. The summed E-state index contributed by atoms with van der Waals surface area (Å²) in [5.74, 6) is 1.35. The number of carbonyl (C=O) groups is 1. The van der Waals surface area contributed by atoms with Gasteiger partial charge >= 0.3 is 0 Å². The van der Waals surface area contributed by atoms with Crippen LogP contribution in [0.3, 0.4) is 0 Å². The minimum Gasteiger partial charge on any atom is -0.454 e. The predicted octanol–water partition coefficient (Wildman–Crippen LogP) is 2.66. The van der Waals surface area contributed by atoms with Crippen LogP contribution in [-0.4, -0.2) is 28.1 Å². The van der Waals surface area contributed by atoms with E-state index in [4.69, 9.17) is 21.1 Å². The number of rotatable bonds is 5. The second-order valence-corrected chi connectivity index (χ2v) is 6.61. The van der Waals surface area contributed by atoms with Crippen molar-refractivity contribution in [1.29, 1.82) is 0 Å². The zero-order chi connectivity index (χ0) is 16.2. The third-order valence-corrected chi connectivity index (χ3v) is 4.41. The maximum absolute atomic E-state index is 12.2. The van der Waals surface area contributed by atoms with Crippen LogP contribution in [0.2, 0.25) is 5.15 Å². The van der Waals surface area contributed by atoms with Crippen LogP contribution in [0.1, 0.15) is 12.5 Å². The van der Waals surface area contributed by atoms with E-state index in [2.05, 4.69) is 15.5 Å². The molecule has 1 amide bonds. The van der Waals surface area contributed by atoms with Crippen molar-refractivity contribution in [2.75, 3.05) is 6.79 Å². The molecule has 1 aliphatic heterocycles. The van der Waals surface area contributed by atoms with Crippen molar-refractivity contribution in [3.63, 3.8) is 0 Å². The lowest BCUT2D eigenvalue weighted by atomic mass is 10.2. The van der Waals surface area contributed by atoms with Crippen molar-refractivity contribution in [2.45, 2.75) is 23.7 Å². The average molecular weight is 352 g/mol. The molecule has 1 aliphatic rings. The summed E-state index contributed by atoms with van der Waals surface area (Å²) in [6.07, 6.45) is 0. The maximum Gasteiger partial charge on any atom is 0.233 e. The first-order chi connectivity index (χ1) is 11.1. The van der Waals surface area contributed by atoms with Gasteiger partial charge in [0.2, 0.25) is 12.7 Å². The smallest absolute Gasteiger partial charge is 0.233 e. The van der Waals surface area contributed by atoms with Crippen LogP contribution in [0.25, 0.3) is 0 Å². The number of nitrogens with one attached hydrogen (secondary N) is 1. The summed E-state index contributed by atoms with van der Waals surface area (Å²) in [5, 5.41) is 11.3. The fourth-order valence-corrected chi connectivity index (χ4v) is 2.87. The summed E-state index contributed by atoms with van der Waals surface area (Å²) in [6.45, 7) is 2.48. The van der Waals surface area contributed by atoms with E-state index in [1.165, 1.54) is 11.8 Å². The molecule has 0 bridgehead atoms. The number of halogens is 1. The number of fused-ring (bicyclic) bond motifs is 1. The van der Waals surface area contributed by atoms with Gasteiger partial charge < -0.3 is 14.8 Å². The van der Waals surface area contributed by atoms with E-state index in [1.807, 2.05) is 25.1 Å². The van der Waals surface area contributed by atoms with Gasteiger partial charge in [0.15, 0.2) is 16.7 Å². The Morgan fingerprint density at radius 2 is 2.13 bits per heavy atom. The molecule has 1 atom stereocenters. The quantitative estimate of drug-likeness (QED) is 0.835. The molecule has 1 aromatic carbocycles. The maximum atomic E-state index is 12.2. The monoisotopic (exact) mass is 351 g/mol. The van der Waals surface area contributed by atoms with E-state index in [0.717, 1.165) is 11.3 Å². The lowest BCUT2D eigenvalue weighted by Gasteiger charge is -2.11. The number of aromatic nitrogens is 2. The van der Waals surface area contributed by atoms with Crippen molar-refractivity contribution in [3.05, 3.63) is 41.0 Å². The average Bonchev–Trinajstić information content (AvgIpc) is 3.02. The molecule has 2 heterocycles. The number of benzene rings is 1. The van der Waals surface area contributed by atoms with Crippen molar-refractivity contribution in [1.82, 2.24) is 15.5 Å². The zero-order valence-corrected chi connectivity index (χ0v) is 13.9. The van der Waals surface area contributed by atoms with Gasteiger partial charge in [0.1, 0.15) is 5.03 Å². The van der Waals surface area contributed by atoms with Gasteiger partial charge in [0.25, 0.3) is 0 Å². The molecule has 0 aliphatic carbocycles. The Bertz CT molecular complexity index is 712. The molecule has 0 spiro atoms. The van der Waals surface area contributed by atoms with E-state index in [0.29, 0.717) is 22.5 Å². The molecule has 8 heteroatoms. The van der Waals surface area contributed by atoms with Gasteiger partial charge in [-0.15, -0.1) is 10.2 Å². The summed E-state index contributed by atoms with van der Waals surface area (Å²) < 4.78 is 10.6. The zero-order valence-electron chi connectivity index (χ0n) is 12.3. The van der Waals surface area contributed by atoms with E-state index in [1.54, 1.807) is 12.1 Å². The lowest BCUT2D eigenvalue weighted by molar-refractivity contribution is -0.120. The minimum absolute atomic E-state index is 0.0792. The van der Waals surface area contributed by atoms with Gasteiger partial charge in [-0.3, -0.25) is 4.79 Å². The highest BCUT2D eigenvalue weighted by Gasteiger charge is 2.17. The first-order valence-electron chi connectivity index (χ1n) is 6.94. The third kappa shape index (κ3) is 4.05. The van der Waals surface area contributed by atoms with E-state index >= 15 is 0 Å². The third-order valence-electron chi connectivity index (χ3n) is 3.18. The molecule has 0 unspecified atom stereocenters. The number of nitrogens with zero attached hydrogens (tertiary/aromatic N) is 2. The normalized spacial score (nSPS) is 13.7. The van der Waals surface area contributed by atoms with Crippen LogP contribution < -0.4 is 14.8 Å². The van der Waals surface area contributed by atoms with Crippen molar-refractivity contribution in [2.24, 2.45) is 0 Å². The Balaban J connectivity index is 1.53. The number of carbonyl (C=O) groups excluding carboxylic acids is 1.